The molecule has 0 N–H and O–H groups in total. The lowest BCUT2D eigenvalue weighted by atomic mass is 9.87. The van der Waals surface area contributed by atoms with Gasteiger partial charge in [0.2, 0.25) is 0 Å². The summed E-state index contributed by atoms with van der Waals surface area (Å²) in [5, 5.41) is 2.03. The molecule has 0 saturated heterocycles. The minimum absolute atomic E-state index is 0.0914. The topological polar surface area (TPSA) is 50.5 Å². The van der Waals surface area contributed by atoms with E-state index >= 15 is 0 Å². The number of hydrogen-bond acceptors (Lipinski definition) is 4. The number of aromatic nitrogens is 2. The summed E-state index contributed by atoms with van der Waals surface area (Å²) in [6.07, 6.45) is 0. The highest BCUT2D eigenvalue weighted by Gasteiger charge is 2.33. The molecule has 2 aromatic heterocycles. The maximum absolute atomic E-state index is 5.69. The molecule has 62 heavy (non-hydrogen) atoms. The van der Waals surface area contributed by atoms with Gasteiger partial charge in [0, 0.05) is 33.7 Å². The van der Waals surface area contributed by atoms with Crippen molar-refractivity contribution in [2.75, 3.05) is 0 Å². The normalized spacial score (nSPS) is 17.3. The fourth-order valence-corrected chi connectivity index (χ4v) is 10.2. The molecule has 2 atom stereocenters. The number of fused-ring (bicyclic) bond motifs is 10. The molecule has 3 heterocycles. The lowest BCUT2D eigenvalue weighted by molar-refractivity contribution is 1.01. The van der Waals surface area contributed by atoms with Gasteiger partial charge in [0.05, 0.1) is 33.8 Å². The maximum atomic E-state index is 5.69. The molecule has 0 fully saturated rings. The van der Waals surface area contributed by atoms with Gasteiger partial charge >= 0.3 is 0 Å². The van der Waals surface area contributed by atoms with Gasteiger partial charge in [0.1, 0.15) is 11.4 Å². The van der Waals surface area contributed by atoms with Crippen LogP contribution in [0.5, 0.6) is 0 Å². The fourth-order valence-electron chi connectivity index (χ4n) is 10.2. The van der Waals surface area contributed by atoms with Crippen molar-refractivity contribution >= 4 is 44.6 Å². The van der Waals surface area contributed by atoms with Gasteiger partial charge in [-0.2, -0.15) is 0 Å². The Hall–Kier alpha value is -8.08. The monoisotopic (exact) mass is 788 g/mol. The molecular formula is C58H36N4. The number of nitrogens with zero attached hydrogens (tertiary/aromatic N) is 4. The summed E-state index contributed by atoms with van der Waals surface area (Å²) in [6, 6.07) is 73.9. The van der Waals surface area contributed by atoms with Gasteiger partial charge in [-0.3, -0.25) is 0 Å². The van der Waals surface area contributed by atoms with Crippen LogP contribution in [0.15, 0.2) is 216 Å². The van der Waals surface area contributed by atoms with E-state index in [0.29, 0.717) is 0 Å². The molecular weight excluding hydrogens is 753 g/mol. The van der Waals surface area contributed by atoms with E-state index in [1.807, 2.05) is 12.1 Å². The molecule has 288 valence electrons. The summed E-state index contributed by atoms with van der Waals surface area (Å²) in [5.74, 6) is 0.183. The average molecular weight is 789 g/mol. The highest BCUT2D eigenvalue weighted by atomic mass is 14.9. The zero-order chi connectivity index (χ0) is 40.7. The van der Waals surface area contributed by atoms with Crippen molar-refractivity contribution in [1.82, 2.24) is 9.97 Å². The number of benzene rings is 8. The minimum atomic E-state index is 0.0914. The van der Waals surface area contributed by atoms with Crippen molar-refractivity contribution in [3.05, 3.63) is 262 Å². The largest absolute Gasteiger partial charge is 0.244 e. The number of para-hydroxylation sites is 2. The molecule has 0 spiro atoms. The van der Waals surface area contributed by atoms with Gasteiger partial charge in [0.25, 0.3) is 0 Å². The second-order valence-corrected chi connectivity index (χ2v) is 16.5. The van der Waals surface area contributed by atoms with Crippen molar-refractivity contribution in [2.24, 2.45) is 9.98 Å². The smallest absolute Gasteiger partial charge is 0.116 e. The second kappa shape index (κ2) is 13.7. The van der Waals surface area contributed by atoms with Crippen LogP contribution in [0, 0.1) is 0 Å². The van der Waals surface area contributed by atoms with Crippen LogP contribution in [-0.4, -0.2) is 21.4 Å². The quantitative estimate of drug-likeness (QED) is 0.178. The van der Waals surface area contributed by atoms with Crippen molar-refractivity contribution in [3.8, 4) is 22.3 Å². The molecule has 4 nitrogen and oxygen atoms in total. The second-order valence-electron chi connectivity index (χ2n) is 16.5. The van der Waals surface area contributed by atoms with Crippen LogP contribution in [0.25, 0.3) is 44.1 Å². The van der Waals surface area contributed by atoms with Gasteiger partial charge < -0.3 is 0 Å². The third-order valence-corrected chi connectivity index (χ3v) is 13.0. The molecule has 3 aliphatic rings. The minimum Gasteiger partial charge on any atom is -0.244 e. The van der Waals surface area contributed by atoms with Gasteiger partial charge in [-0.25, -0.2) is 20.0 Å². The standard InChI is InChI=1S/C58H36N4/c1-3-15-35(16-4-1)53-45-23-11-9-21-41(45)43-29-27-39(31-47(43)53)55-57-51(33-37-19-7-13-25-49(37)59-57)62-56(58-52(61-55)34-38-20-8-14-26-50(38)60-58)40-28-30-44-42-22-10-12-24-46(42)54(48(44)32-40)36-17-5-2-6-18-36/h1-34,53-54H/b57-55?,58-56?,61-52?,61-55-,62-51?,62-56-. The lowest BCUT2D eigenvalue weighted by Crippen LogP contribution is -2.14. The zero-order valence-electron chi connectivity index (χ0n) is 33.6. The molecule has 4 heteroatoms. The molecule has 13 rings (SSSR count). The van der Waals surface area contributed by atoms with E-state index in [0.717, 1.165) is 67.1 Å². The number of aliphatic imine (C=N–C) groups is 2. The Morgan fingerprint density at radius 3 is 1.16 bits per heavy atom. The predicted octanol–water partition coefficient (Wildman–Crippen LogP) is 13.8. The number of hydrogen-bond donors (Lipinski definition) is 0. The predicted molar refractivity (Wildman–Crippen MR) is 253 cm³/mol. The Morgan fingerprint density at radius 1 is 0.306 bits per heavy atom. The molecule has 0 radical (unpaired) electrons. The first-order valence-corrected chi connectivity index (χ1v) is 21.3. The van der Waals surface area contributed by atoms with Crippen LogP contribution in [0.1, 0.15) is 67.7 Å². The van der Waals surface area contributed by atoms with E-state index in [4.69, 9.17) is 20.0 Å². The van der Waals surface area contributed by atoms with Crippen LogP contribution in [0.3, 0.4) is 0 Å². The number of rotatable bonds is 4. The molecule has 10 aromatic rings. The Balaban J connectivity index is 1.06. The summed E-state index contributed by atoms with van der Waals surface area (Å²) in [6.45, 7) is 0. The highest BCUT2D eigenvalue weighted by molar-refractivity contribution is 6.23. The first kappa shape index (κ1) is 34.8. The van der Waals surface area contributed by atoms with Crippen LogP contribution in [-0.2, 0) is 0 Å². The summed E-state index contributed by atoms with van der Waals surface area (Å²) in [7, 11) is 0. The highest BCUT2D eigenvalue weighted by Crippen LogP contribution is 2.50. The van der Waals surface area contributed by atoms with Crippen molar-refractivity contribution in [3.63, 3.8) is 0 Å². The van der Waals surface area contributed by atoms with Gasteiger partial charge in [0.15, 0.2) is 0 Å². The summed E-state index contributed by atoms with van der Waals surface area (Å²) in [5.41, 5.74) is 21.0. The molecule has 0 amide bonds. The van der Waals surface area contributed by atoms with Crippen LogP contribution in [0.4, 0.5) is 11.4 Å². The van der Waals surface area contributed by atoms with E-state index in [1.165, 1.54) is 55.6 Å². The third kappa shape index (κ3) is 5.40. The van der Waals surface area contributed by atoms with Crippen molar-refractivity contribution in [1.29, 1.82) is 0 Å². The molecule has 2 aliphatic carbocycles. The van der Waals surface area contributed by atoms with E-state index in [9.17, 15) is 0 Å². The van der Waals surface area contributed by atoms with Crippen LogP contribution < -0.4 is 0 Å². The van der Waals surface area contributed by atoms with Crippen LogP contribution >= 0.6 is 0 Å². The lowest BCUT2D eigenvalue weighted by Gasteiger charge is -2.20. The Labute approximate surface area is 359 Å². The molecule has 0 saturated carbocycles. The average Bonchev–Trinajstić information content (AvgIpc) is 3.84. The summed E-state index contributed by atoms with van der Waals surface area (Å²) < 4.78 is 0. The summed E-state index contributed by atoms with van der Waals surface area (Å²) in [4.78, 5) is 22.2. The molecule has 8 aromatic carbocycles. The molecule has 1 aliphatic heterocycles. The molecule has 0 bridgehead atoms. The van der Waals surface area contributed by atoms with E-state index in [2.05, 4.69) is 194 Å². The Bertz CT molecular complexity index is 3300. The van der Waals surface area contributed by atoms with Gasteiger partial charge in [-0.05, 0) is 92.0 Å². The van der Waals surface area contributed by atoms with Crippen LogP contribution in [0.2, 0.25) is 0 Å². The number of pyridine rings is 2. The SMILES string of the molecule is c1ccc(C2c3ccccc3-c3ccc(/C4=N/c5cc6ccccc6nc5/C(c5ccc6c(c5)C(c5ccccc5)c5ccccc5-6)=N\c5cc6ccccc6nc54)cc32)cc1. The van der Waals surface area contributed by atoms with E-state index in [-0.39, 0.29) is 11.8 Å². The Kier molecular flexibility index (Phi) is 7.70. The fraction of sp³-hybridized carbons (Fsp3) is 0.0345. The Morgan fingerprint density at radius 2 is 0.694 bits per heavy atom. The van der Waals surface area contributed by atoms with Crippen molar-refractivity contribution < 1.29 is 0 Å². The third-order valence-electron chi connectivity index (χ3n) is 13.0. The first-order valence-electron chi connectivity index (χ1n) is 21.3. The van der Waals surface area contributed by atoms with E-state index in [1.54, 1.807) is 0 Å². The van der Waals surface area contributed by atoms with Gasteiger partial charge in [-0.1, -0.05) is 170 Å². The maximum Gasteiger partial charge on any atom is 0.116 e. The van der Waals surface area contributed by atoms with Gasteiger partial charge in [-0.15, -0.1) is 0 Å². The zero-order valence-corrected chi connectivity index (χ0v) is 33.6. The summed E-state index contributed by atoms with van der Waals surface area (Å²) >= 11 is 0. The first-order chi connectivity index (χ1) is 30.7. The van der Waals surface area contributed by atoms with E-state index < -0.39 is 0 Å². The van der Waals surface area contributed by atoms with Crippen molar-refractivity contribution in [2.45, 2.75) is 11.8 Å². The molecule has 2 unspecified atom stereocenters.